The van der Waals surface area contributed by atoms with Crippen LogP contribution < -0.4 is 5.11 Å². The maximum atomic E-state index is 10.4. The summed E-state index contributed by atoms with van der Waals surface area (Å²) in [6.07, 6.45) is 8.18. The van der Waals surface area contributed by atoms with Gasteiger partial charge in [0.05, 0.1) is 11.7 Å². The minimum absolute atomic E-state index is 0.115. The van der Waals surface area contributed by atoms with Crippen molar-refractivity contribution in [2.45, 2.75) is 5.92 Å². The number of carbonyl (C=O) groups excluding carboxylic acids is 1. The molecule has 2 atom stereocenters. The second kappa shape index (κ2) is 4.72. The number of allylic oxidation sites excluding steroid dienone is 4. The molecule has 0 radical (unpaired) electrons. The molecular weight excluding hydrogens is 242 g/mol. The highest BCUT2D eigenvalue weighted by Gasteiger charge is 2.36. The highest BCUT2D eigenvalue weighted by atomic mass is 16.6. The highest BCUT2D eigenvalue weighted by molar-refractivity contribution is 6.08. The quantitative estimate of drug-likeness (QED) is 0.756. The summed E-state index contributed by atoms with van der Waals surface area (Å²) in [5.74, 6) is -0.901. The monoisotopic (exact) mass is 254 g/mol. The van der Waals surface area contributed by atoms with Gasteiger partial charge >= 0.3 is 0 Å². The van der Waals surface area contributed by atoms with Crippen molar-refractivity contribution in [3.63, 3.8) is 0 Å². The first kappa shape index (κ1) is 11.7. The van der Waals surface area contributed by atoms with E-state index in [-0.39, 0.29) is 11.8 Å². The van der Waals surface area contributed by atoms with Crippen molar-refractivity contribution < 1.29 is 14.7 Å². The van der Waals surface area contributed by atoms with Gasteiger partial charge < -0.3 is 14.7 Å². The van der Waals surface area contributed by atoms with Crippen LogP contribution in [0.3, 0.4) is 0 Å². The summed E-state index contributed by atoms with van der Waals surface area (Å²) in [7, 11) is 0. The van der Waals surface area contributed by atoms with Crippen LogP contribution in [0.15, 0.2) is 53.7 Å². The molecule has 0 unspecified atom stereocenters. The molecule has 0 saturated heterocycles. The minimum atomic E-state index is -1.27. The molecule has 1 aromatic rings. The zero-order valence-corrected chi connectivity index (χ0v) is 10.2. The van der Waals surface area contributed by atoms with Crippen LogP contribution in [-0.4, -0.2) is 18.3 Å². The van der Waals surface area contributed by atoms with Crippen molar-refractivity contribution in [2.75, 3.05) is 6.61 Å². The summed E-state index contributed by atoms with van der Waals surface area (Å²) in [6, 6.07) is 7.99. The van der Waals surface area contributed by atoms with Gasteiger partial charge in [-0.05, 0) is 5.56 Å². The van der Waals surface area contributed by atoms with Crippen LogP contribution in [0.1, 0.15) is 17.0 Å². The maximum Gasteiger partial charge on any atom is 0.156 e. The molecule has 0 N–H and O–H groups in total. The fourth-order valence-electron chi connectivity index (χ4n) is 2.63. The lowest BCUT2D eigenvalue weighted by atomic mass is 9.88. The normalized spacial score (nSPS) is 25.2. The van der Waals surface area contributed by atoms with Crippen molar-refractivity contribution in [3.8, 4) is 0 Å². The molecule has 4 heteroatoms. The van der Waals surface area contributed by atoms with E-state index in [0.29, 0.717) is 0 Å². The van der Waals surface area contributed by atoms with Gasteiger partial charge in [-0.15, -0.1) is 0 Å². The van der Waals surface area contributed by atoms with Crippen molar-refractivity contribution in [2.24, 2.45) is 11.1 Å². The molecule has 0 spiro atoms. The molecule has 0 aromatic heterocycles. The van der Waals surface area contributed by atoms with Crippen molar-refractivity contribution in [3.05, 3.63) is 59.7 Å². The number of hydrogen-bond acceptors (Lipinski definition) is 4. The number of carboxylic acids is 1. The summed E-state index contributed by atoms with van der Waals surface area (Å²) in [4.78, 5) is 15.2. The van der Waals surface area contributed by atoms with Gasteiger partial charge in [0.15, 0.2) is 6.61 Å². The number of carbonyl (C=O) groups is 1. The van der Waals surface area contributed by atoms with Crippen LogP contribution in [0.2, 0.25) is 0 Å². The Morgan fingerprint density at radius 2 is 1.95 bits per heavy atom. The number of nitrogens with zero attached hydrogens (tertiary/aromatic N) is 1. The van der Waals surface area contributed by atoms with Gasteiger partial charge in [0.25, 0.3) is 0 Å². The van der Waals surface area contributed by atoms with Gasteiger partial charge in [-0.3, -0.25) is 0 Å². The zero-order chi connectivity index (χ0) is 13.2. The number of aliphatic carboxylic acids is 1. The molecule has 0 aliphatic heterocycles. The molecule has 96 valence electrons. The molecule has 0 fully saturated rings. The van der Waals surface area contributed by atoms with Gasteiger partial charge in [0.2, 0.25) is 0 Å². The molecule has 0 saturated carbocycles. The number of benzene rings is 1. The van der Waals surface area contributed by atoms with E-state index in [4.69, 9.17) is 4.84 Å². The van der Waals surface area contributed by atoms with E-state index in [1.165, 1.54) is 5.56 Å². The van der Waals surface area contributed by atoms with Crippen LogP contribution in [0.5, 0.6) is 0 Å². The first-order valence-electron chi connectivity index (χ1n) is 6.11. The summed E-state index contributed by atoms with van der Waals surface area (Å²) >= 11 is 0. The summed E-state index contributed by atoms with van der Waals surface area (Å²) in [5, 5.41) is 14.4. The smallest absolute Gasteiger partial charge is 0.156 e. The summed E-state index contributed by atoms with van der Waals surface area (Å²) in [6.45, 7) is -0.525. The lowest BCUT2D eigenvalue weighted by Gasteiger charge is -2.15. The van der Waals surface area contributed by atoms with Gasteiger partial charge in [-0.1, -0.05) is 53.7 Å². The SMILES string of the molecule is O=C([O-])CO/N=C1\c2ccccc2[C@@H]2C=CC=C[C@@H]12. The van der Waals surface area contributed by atoms with Crippen LogP contribution in [0, 0.1) is 5.92 Å². The number of fused-ring (bicyclic) bond motifs is 3. The van der Waals surface area contributed by atoms with E-state index in [0.717, 1.165) is 11.3 Å². The first-order chi connectivity index (χ1) is 9.27. The molecule has 2 aliphatic rings. The van der Waals surface area contributed by atoms with Crippen molar-refractivity contribution in [1.82, 2.24) is 0 Å². The molecule has 3 rings (SSSR count). The number of oxime groups is 1. The number of rotatable bonds is 3. The van der Waals surface area contributed by atoms with E-state index in [1.54, 1.807) is 0 Å². The predicted octanol–water partition coefficient (Wildman–Crippen LogP) is 0.997. The fourth-order valence-corrected chi connectivity index (χ4v) is 2.63. The topological polar surface area (TPSA) is 61.7 Å². The van der Waals surface area contributed by atoms with E-state index in [2.05, 4.69) is 23.4 Å². The molecular formula is C15H12NO3-. The molecule has 1 aromatic carbocycles. The van der Waals surface area contributed by atoms with E-state index in [9.17, 15) is 9.90 Å². The standard InChI is InChI=1S/C15H13NO3/c17-14(18)9-19-16-15-12-7-3-1-5-10(12)11-6-2-4-8-13(11)15/h1-8,10,12H,9H2,(H,17,18)/p-1/b16-15-/t10-,12+/m0/s1. The summed E-state index contributed by atoms with van der Waals surface area (Å²) in [5.41, 5.74) is 3.00. The van der Waals surface area contributed by atoms with Crippen LogP contribution in [0.4, 0.5) is 0 Å². The highest BCUT2D eigenvalue weighted by Crippen LogP contribution is 2.41. The van der Waals surface area contributed by atoms with Gasteiger partial charge in [0, 0.05) is 17.4 Å². The van der Waals surface area contributed by atoms with Crippen LogP contribution in [-0.2, 0) is 9.63 Å². The van der Waals surface area contributed by atoms with Gasteiger partial charge in [-0.25, -0.2) is 0 Å². The lowest BCUT2D eigenvalue weighted by molar-refractivity contribution is -0.309. The lowest BCUT2D eigenvalue weighted by Crippen LogP contribution is -2.27. The van der Waals surface area contributed by atoms with Crippen molar-refractivity contribution >= 4 is 11.7 Å². The largest absolute Gasteiger partial charge is 0.546 e. The van der Waals surface area contributed by atoms with E-state index in [1.807, 2.05) is 30.4 Å². The Hall–Kier alpha value is -2.36. The Bertz CT molecular complexity index is 601. The zero-order valence-electron chi connectivity index (χ0n) is 10.2. The number of carboxylic acid groups (broad SMARTS) is 1. The van der Waals surface area contributed by atoms with E-state index >= 15 is 0 Å². The van der Waals surface area contributed by atoms with Gasteiger partial charge in [0.1, 0.15) is 0 Å². The summed E-state index contributed by atoms with van der Waals surface area (Å²) < 4.78 is 0. The minimum Gasteiger partial charge on any atom is -0.546 e. The Balaban J connectivity index is 1.97. The third-order valence-electron chi connectivity index (χ3n) is 3.39. The van der Waals surface area contributed by atoms with Crippen molar-refractivity contribution in [1.29, 1.82) is 0 Å². The first-order valence-corrected chi connectivity index (χ1v) is 6.11. The maximum absolute atomic E-state index is 10.4. The third-order valence-corrected chi connectivity index (χ3v) is 3.39. The Morgan fingerprint density at radius 1 is 1.21 bits per heavy atom. The van der Waals surface area contributed by atoms with Gasteiger partial charge in [-0.2, -0.15) is 0 Å². The molecule has 4 nitrogen and oxygen atoms in total. The Kier molecular flexibility index (Phi) is 2.91. The molecule has 0 amide bonds. The molecule has 0 bridgehead atoms. The van der Waals surface area contributed by atoms with Crippen LogP contribution in [0.25, 0.3) is 0 Å². The second-order valence-electron chi connectivity index (χ2n) is 4.53. The molecule has 19 heavy (non-hydrogen) atoms. The Morgan fingerprint density at radius 3 is 2.74 bits per heavy atom. The predicted molar refractivity (Wildman–Crippen MR) is 68.4 cm³/mol. The molecule has 0 heterocycles. The number of hydrogen-bond donors (Lipinski definition) is 0. The van der Waals surface area contributed by atoms with Crippen LogP contribution >= 0.6 is 0 Å². The molecule has 2 aliphatic carbocycles. The third kappa shape index (κ3) is 2.05. The Labute approximate surface area is 110 Å². The average Bonchev–Trinajstić information content (AvgIpc) is 2.74. The average molecular weight is 254 g/mol. The second-order valence-corrected chi connectivity index (χ2v) is 4.53. The van der Waals surface area contributed by atoms with E-state index < -0.39 is 12.6 Å². The fraction of sp³-hybridized carbons (Fsp3) is 0.200.